The van der Waals surface area contributed by atoms with Crippen LogP contribution in [0, 0.1) is 12.8 Å². The summed E-state index contributed by atoms with van der Waals surface area (Å²) in [7, 11) is 1.47. The van der Waals surface area contributed by atoms with E-state index in [1.54, 1.807) is 105 Å². The van der Waals surface area contributed by atoms with Gasteiger partial charge in [0.2, 0.25) is 11.8 Å². The van der Waals surface area contributed by atoms with E-state index in [9.17, 15) is 38.4 Å². The molecule has 20 heteroatoms. The van der Waals surface area contributed by atoms with Crippen LogP contribution in [0.1, 0.15) is 121 Å². The van der Waals surface area contributed by atoms with Crippen LogP contribution in [0.3, 0.4) is 0 Å². The first kappa shape index (κ1) is 57.3. The van der Waals surface area contributed by atoms with Crippen LogP contribution >= 0.6 is 0 Å². The normalized spacial score (nSPS) is 22.1. The number of benzene rings is 3. The Bertz CT molecular complexity index is 2610. The number of esters is 4. The molecule has 20 nitrogen and oxygen atoms in total. The van der Waals surface area contributed by atoms with Crippen LogP contribution in [0.25, 0.3) is 0 Å². The minimum absolute atomic E-state index is 0.0585. The fourth-order valence-electron chi connectivity index (χ4n) is 8.64. The molecule has 0 spiro atoms. The molecule has 0 saturated carbocycles. The van der Waals surface area contributed by atoms with Gasteiger partial charge in [-0.2, -0.15) is 0 Å². The molecular weight excluding hydrogens is 973 g/mol. The van der Waals surface area contributed by atoms with Gasteiger partial charge in [-0.1, -0.05) is 81.3 Å². The third-order valence-electron chi connectivity index (χ3n) is 12.8. The molecule has 75 heavy (non-hydrogen) atoms. The Hall–Kier alpha value is -7.00. The Balaban J connectivity index is 0.967. The summed E-state index contributed by atoms with van der Waals surface area (Å²) >= 11 is 0. The van der Waals surface area contributed by atoms with Crippen LogP contribution in [0.4, 0.5) is 0 Å². The number of nitrogens with zero attached hydrogens (tertiary/aromatic N) is 1. The highest BCUT2D eigenvalue weighted by molar-refractivity contribution is 5.91. The van der Waals surface area contributed by atoms with Crippen molar-refractivity contribution in [2.75, 3.05) is 33.4 Å². The lowest BCUT2D eigenvalue weighted by Gasteiger charge is -2.44. The number of aromatic amines is 1. The molecule has 1 aromatic heterocycles. The molecule has 2 amide bonds. The number of aryl methyl sites for hydroxylation is 1. The van der Waals surface area contributed by atoms with E-state index in [0.717, 1.165) is 12.8 Å². The second-order valence-electron chi connectivity index (χ2n) is 18.3. The van der Waals surface area contributed by atoms with E-state index in [2.05, 4.69) is 15.6 Å². The van der Waals surface area contributed by atoms with Crippen molar-refractivity contribution >= 4 is 35.7 Å². The van der Waals surface area contributed by atoms with E-state index >= 15 is 0 Å². The molecule has 4 aromatic rings. The molecule has 1 unspecified atom stereocenters. The summed E-state index contributed by atoms with van der Waals surface area (Å²) in [4.78, 5) is 105. The number of hydrogen-bond donors (Lipinski definition) is 3. The topological polar surface area (TPSA) is 255 Å². The Kier molecular flexibility index (Phi) is 22.3. The SMILES string of the molecule is CC[C@H]1O[C@@H](n2cc(C)c(=O)[nH]c2=O)C(OCCCCCCNC(=O)CCCCO[C@@H]2O[C@H](COC(=O)c3ccccc3)[C@H](OC(=O)c3ccccc3)[C@H](OC(=O)c3ccccc3)[C@H]2C)[C@H]1OC(=O)CCC(=O)NC. The molecule has 2 fully saturated rings. The van der Waals surface area contributed by atoms with E-state index in [1.165, 1.54) is 17.8 Å². The van der Waals surface area contributed by atoms with Gasteiger partial charge in [0.15, 0.2) is 24.7 Å². The number of unbranched alkanes of at least 4 members (excludes halogenated alkanes) is 4. The highest BCUT2D eigenvalue weighted by atomic mass is 16.7. The number of ether oxygens (including phenoxy) is 8. The first-order valence-corrected chi connectivity index (χ1v) is 25.5. The van der Waals surface area contributed by atoms with Crippen LogP contribution in [-0.2, 0) is 52.3 Å². The van der Waals surface area contributed by atoms with E-state index in [4.69, 9.17) is 37.9 Å². The van der Waals surface area contributed by atoms with E-state index in [1.807, 2.05) is 6.92 Å². The predicted molar refractivity (Wildman–Crippen MR) is 270 cm³/mol. The summed E-state index contributed by atoms with van der Waals surface area (Å²) in [6.45, 7) is 5.67. The number of carbonyl (C=O) groups excluding carboxylic acids is 6. The van der Waals surface area contributed by atoms with Gasteiger partial charge in [-0.3, -0.25) is 28.7 Å². The van der Waals surface area contributed by atoms with Crippen molar-refractivity contribution in [2.45, 2.75) is 134 Å². The largest absolute Gasteiger partial charge is 0.459 e. The second kappa shape index (κ2) is 29.2. The second-order valence-corrected chi connectivity index (χ2v) is 18.3. The predicted octanol–water partition coefficient (Wildman–Crippen LogP) is 5.51. The molecule has 9 atom stereocenters. The summed E-state index contributed by atoms with van der Waals surface area (Å²) in [6, 6.07) is 25.1. The number of carbonyl (C=O) groups is 6. The first-order chi connectivity index (χ1) is 36.3. The Morgan fingerprint density at radius 2 is 1.20 bits per heavy atom. The summed E-state index contributed by atoms with van der Waals surface area (Å²) in [6.07, 6.45) is -2.11. The lowest BCUT2D eigenvalue weighted by molar-refractivity contribution is -0.281. The van der Waals surface area contributed by atoms with Crippen LogP contribution < -0.4 is 21.9 Å². The number of amides is 2. The first-order valence-electron chi connectivity index (χ1n) is 25.5. The molecule has 6 rings (SSSR count). The van der Waals surface area contributed by atoms with Gasteiger partial charge in [-0.15, -0.1) is 0 Å². The minimum atomic E-state index is -1.21. The van der Waals surface area contributed by atoms with Gasteiger partial charge in [-0.05, 0) is 75.4 Å². The van der Waals surface area contributed by atoms with Crippen molar-refractivity contribution in [1.29, 1.82) is 0 Å². The molecular formula is C55H68N4O16. The smallest absolute Gasteiger partial charge is 0.338 e. The highest BCUT2D eigenvalue weighted by Crippen LogP contribution is 2.36. The molecule has 2 aliphatic rings. The van der Waals surface area contributed by atoms with E-state index < -0.39 is 90.2 Å². The van der Waals surface area contributed by atoms with Gasteiger partial charge in [0, 0.05) is 57.3 Å². The number of rotatable bonds is 27. The quantitative estimate of drug-likeness (QED) is 0.0378. The zero-order valence-corrected chi connectivity index (χ0v) is 42.8. The third kappa shape index (κ3) is 16.8. The lowest BCUT2D eigenvalue weighted by atomic mass is 9.91. The summed E-state index contributed by atoms with van der Waals surface area (Å²) < 4.78 is 49.9. The standard InChI is InChI=1S/C55H68N4O16/c1-5-40-46(73-44(62)29-28-42(60)56-4)48(50(71-40)59-33-35(2)49(63)58-55(59)67)68-31-19-7-6-18-30-57-43(61)27-17-20-32-69-54-36(3)45(74-52(65)38-23-13-9-14-24-38)47(75-53(66)39-25-15-10-16-26-39)41(72-54)34-70-51(64)37-21-11-8-12-22-37/h8-16,21-26,33,36,40-41,45-48,50,54H,5-7,17-20,27-32,34H2,1-4H3,(H,56,60)(H,57,61)(H,58,63,67)/t36-,40-,41-,45-,46+,47+,48?,50-,54-/m1/s1. The number of nitrogens with one attached hydrogen (secondary N) is 3. The van der Waals surface area contributed by atoms with Crippen LogP contribution in [0.2, 0.25) is 0 Å². The maximum absolute atomic E-state index is 13.5. The van der Waals surface area contributed by atoms with Crippen molar-refractivity contribution in [3.63, 3.8) is 0 Å². The maximum Gasteiger partial charge on any atom is 0.338 e. The van der Waals surface area contributed by atoms with Crippen LogP contribution in [0.15, 0.2) is 107 Å². The number of H-pyrrole nitrogens is 1. The van der Waals surface area contributed by atoms with Gasteiger partial charge in [0.05, 0.1) is 29.2 Å². The number of hydrogen-bond acceptors (Lipinski definition) is 16. The van der Waals surface area contributed by atoms with Crippen LogP contribution in [-0.4, -0.2) is 122 Å². The average Bonchev–Trinajstić information content (AvgIpc) is 3.76. The molecule has 3 aromatic carbocycles. The molecule has 0 aliphatic carbocycles. The Morgan fingerprint density at radius 3 is 1.83 bits per heavy atom. The third-order valence-corrected chi connectivity index (χ3v) is 12.8. The van der Waals surface area contributed by atoms with Crippen molar-refractivity contribution in [3.8, 4) is 0 Å². The molecule has 2 aliphatic heterocycles. The maximum atomic E-state index is 13.5. The van der Waals surface area contributed by atoms with Crippen molar-refractivity contribution in [3.05, 3.63) is 140 Å². The lowest BCUT2D eigenvalue weighted by Crippen LogP contribution is -2.58. The zero-order chi connectivity index (χ0) is 53.7. The highest BCUT2D eigenvalue weighted by Gasteiger charge is 2.50. The molecule has 404 valence electrons. The fraction of sp³-hybridized carbons (Fsp3) is 0.491. The zero-order valence-electron chi connectivity index (χ0n) is 42.8. The Labute approximate surface area is 435 Å². The molecule has 0 bridgehead atoms. The fourth-order valence-corrected chi connectivity index (χ4v) is 8.64. The van der Waals surface area contributed by atoms with Gasteiger partial charge in [-0.25, -0.2) is 19.2 Å². The molecule has 2 saturated heterocycles. The number of aromatic nitrogens is 2. The monoisotopic (exact) mass is 1040 g/mol. The van der Waals surface area contributed by atoms with Gasteiger partial charge in [0.25, 0.3) is 5.56 Å². The van der Waals surface area contributed by atoms with Crippen molar-refractivity contribution in [2.24, 2.45) is 5.92 Å². The van der Waals surface area contributed by atoms with Crippen molar-refractivity contribution < 1.29 is 66.7 Å². The van der Waals surface area contributed by atoms with Gasteiger partial charge in [0.1, 0.15) is 24.9 Å². The average molecular weight is 1040 g/mol. The van der Waals surface area contributed by atoms with E-state index in [-0.39, 0.29) is 67.6 Å². The summed E-state index contributed by atoms with van der Waals surface area (Å²) in [5, 5.41) is 5.43. The summed E-state index contributed by atoms with van der Waals surface area (Å²) in [5.41, 5.74) is -0.100. The van der Waals surface area contributed by atoms with E-state index in [0.29, 0.717) is 44.2 Å². The molecule has 0 radical (unpaired) electrons. The summed E-state index contributed by atoms with van der Waals surface area (Å²) in [5.74, 6) is -3.70. The van der Waals surface area contributed by atoms with Crippen LogP contribution in [0.5, 0.6) is 0 Å². The molecule has 3 N–H and O–H groups in total. The van der Waals surface area contributed by atoms with Gasteiger partial charge >= 0.3 is 29.6 Å². The van der Waals surface area contributed by atoms with Crippen molar-refractivity contribution in [1.82, 2.24) is 20.2 Å². The molecule has 3 heterocycles. The van der Waals surface area contributed by atoms with Gasteiger partial charge < -0.3 is 48.5 Å². The Morgan fingerprint density at radius 1 is 0.627 bits per heavy atom. The minimum Gasteiger partial charge on any atom is -0.459 e.